The van der Waals surface area contributed by atoms with E-state index in [2.05, 4.69) is 0 Å². The lowest BCUT2D eigenvalue weighted by Crippen LogP contribution is -2.31. The van der Waals surface area contributed by atoms with Gasteiger partial charge in [0.05, 0.1) is 25.0 Å². The normalized spacial score (nSPS) is 14.5. The van der Waals surface area contributed by atoms with Gasteiger partial charge in [-0.2, -0.15) is 0 Å². The Morgan fingerprint density at radius 2 is 1.38 bits per heavy atom. The first-order chi connectivity index (χ1) is 9.79. The van der Waals surface area contributed by atoms with E-state index in [9.17, 15) is 9.59 Å². The molecule has 0 aliphatic rings. The summed E-state index contributed by atoms with van der Waals surface area (Å²) in [5.74, 6) is -1.09. The highest BCUT2D eigenvalue weighted by atomic mass is 16.5. The molecule has 0 N–H and O–H groups in total. The molecule has 0 saturated carbocycles. The van der Waals surface area contributed by atoms with Crippen LogP contribution >= 0.6 is 0 Å². The van der Waals surface area contributed by atoms with E-state index in [0.717, 1.165) is 0 Å². The molecule has 4 nitrogen and oxygen atoms in total. The second-order valence-corrected chi connectivity index (χ2v) is 6.25. The summed E-state index contributed by atoms with van der Waals surface area (Å²) in [5, 5.41) is 0. The first-order valence-corrected chi connectivity index (χ1v) is 7.73. The van der Waals surface area contributed by atoms with Gasteiger partial charge in [0.1, 0.15) is 0 Å². The van der Waals surface area contributed by atoms with Crippen molar-refractivity contribution < 1.29 is 19.1 Å². The molecular weight excluding hydrogens is 268 g/mol. The molecule has 2 unspecified atom stereocenters. The monoisotopic (exact) mass is 298 g/mol. The number of carbonyl (C=O) groups excluding carboxylic acids is 2. The molecule has 0 aromatic carbocycles. The lowest BCUT2D eigenvalue weighted by molar-refractivity contribution is -0.161. The van der Waals surface area contributed by atoms with Crippen molar-refractivity contribution in [3.05, 3.63) is 12.2 Å². The molecule has 0 rings (SSSR count). The van der Waals surface area contributed by atoms with Gasteiger partial charge in [-0.3, -0.25) is 9.59 Å². The van der Waals surface area contributed by atoms with Crippen molar-refractivity contribution >= 4 is 11.9 Å². The van der Waals surface area contributed by atoms with Gasteiger partial charge in [0, 0.05) is 0 Å². The number of rotatable bonds is 9. The van der Waals surface area contributed by atoms with Gasteiger partial charge in [0.15, 0.2) is 0 Å². The van der Waals surface area contributed by atoms with Crippen LogP contribution in [-0.2, 0) is 19.1 Å². The second kappa shape index (κ2) is 10.4. The maximum absolute atomic E-state index is 12.2. The fourth-order valence-electron chi connectivity index (χ4n) is 1.69. The van der Waals surface area contributed by atoms with Crippen LogP contribution in [0.5, 0.6) is 0 Å². The molecule has 122 valence electrons. The van der Waals surface area contributed by atoms with Gasteiger partial charge in [-0.1, -0.05) is 46.8 Å². The van der Waals surface area contributed by atoms with Gasteiger partial charge in [0.25, 0.3) is 0 Å². The third kappa shape index (κ3) is 8.53. The standard InChI is InChI=1S/C17H30O4/c1-7-8-9-15(17(19)21-11-13(4)5)14(6)16(18)20-10-12(2)3/h7-8,12-15H,9-11H2,1-6H3. The van der Waals surface area contributed by atoms with Gasteiger partial charge in [-0.05, 0) is 25.2 Å². The Labute approximate surface area is 128 Å². The summed E-state index contributed by atoms with van der Waals surface area (Å²) in [7, 11) is 0. The van der Waals surface area contributed by atoms with E-state index in [0.29, 0.717) is 19.6 Å². The summed E-state index contributed by atoms with van der Waals surface area (Å²) in [6.45, 7) is 12.3. The van der Waals surface area contributed by atoms with Crippen LogP contribution in [0.25, 0.3) is 0 Å². The molecule has 4 heteroatoms. The first kappa shape index (κ1) is 19.7. The molecule has 0 bridgehead atoms. The van der Waals surface area contributed by atoms with Crippen LogP contribution < -0.4 is 0 Å². The SMILES string of the molecule is CC=CCC(C(=O)OCC(C)C)C(C)C(=O)OCC(C)C. The van der Waals surface area contributed by atoms with Crippen LogP contribution in [0.2, 0.25) is 0 Å². The van der Waals surface area contributed by atoms with Crippen LogP contribution in [0.1, 0.15) is 48.0 Å². The fraction of sp³-hybridized carbons (Fsp3) is 0.765. The van der Waals surface area contributed by atoms with Crippen molar-refractivity contribution in [1.82, 2.24) is 0 Å². The topological polar surface area (TPSA) is 52.6 Å². The second-order valence-electron chi connectivity index (χ2n) is 6.25. The fourth-order valence-corrected chi connectivity index (χ4v) is 1.69. The predicted molar refractivity (Wildman–Crippen MR) is 83.7 cm³/mol. The zero-order chi connectivity index (χ0) is 16.4. The Morgan fingerprint density at radius 1 is 0.905 bits per heavy atom. The molecule has 0 radical (unpaired) electrons. The van der Waals surface area contributed by atoms with Gasteiger partial charge < -0.3 is 9.47 Å². The number of esters is 2. The summed E-state index contributed by atoms with van der Waals surface area (Å²) >= 11 is 0. The maximum atomic E-state index is 12.2. The Morgan fingerprint density at radius 3 is 1.81 bits per heavy atom. The predicted octanol–water partition coefficient (Wildman–Crippen LogP) is 3.60. The molecule has 0 aliphatic heterocycles. The van der Waals surface area contributed by atoms with Crippen molar-refractivity contribution in [1.29, 1.82) is 0 Å². The molecule has 0 heterocycles. The third-order valence-electron chi connectivity index (χ3n) is 3.02. The van der Waals surface area contributed by atoms with Crippen molar-refractivity contribution in [3.63, 3.8) is 0 Å². The molecule has 2 atom stereocenters. The average molecular weight is 298 g/mol. The van der Waals surface area contributed by atoms with E-state index in [1.165, 1.54) is 0 Å². The quantitative estimate of drug-likeness (QED) is 0.482. The van der Waals surface area contributed by atoms with Crippen molar-refractivity contribution in [2.24, 2.45) is 23.7 Å². The van der Waals surface area contributed by atoms with Gasteiger partial charge >= 0.3 is 11.9 Å². The molecule has 0 fully saturated rings. The molecule has 0 spiro atoms. The zero-order valence-corrected chi connectivity index (χ0v) is 14.2. The average Bonchev–Trinajstić information content (AvgIpc) is 2.42. The summed E-state index contributed by atoms with van der Waals surface area (Å²) in [4.78, 5) is 24.2. The van der Waals surface area contributed by atoms with Crippen LogP contribution in [-0.4, -0.2) is 25.2 Å². The molecule has 21 heavy (non-hydrogen) atoms. The highest BCUT2D eigenvalue weighted by molar-refractivity contribution is 5.82. The lowest BCUT2D eigenvalue weighted by atomic mass is 9.90. The van der Waals surface area contributed by atoms with Crippen molar-refractivity contribution in [2.75, 3.05) is 13.2 Å². The van der Waals surface area contributed by atoms with E-state index in [1.54, 1.807) is 6.92 Å². The van der Waals surface area contributed by atoms with Crippen LogP contribution in [0.15, 0.2) is 12.2 Å². The highest BCUT2D eigenvalue weighted by Crippen LogP contribution is 2.21. The van der Waals surface area contributed by atoms with E-state index < -0.39 is 11.8 Å². The van der Waals surface area contributed by atoms with Gasteiger partial charge in [-0.25, -0.2) is 0 Å². The number of allylic oxidation sites excluding steroid dienone is 2. The molecular formula is C17H30O4. The molecule has 0 amide bonds. The minimum atomic E-state index is -0.500. The van der Waals surface area contributed by atoms with Crippen LogP contribution in [0.4, 0.5) is 0 Å². The van der Waals surface area contributed by atoms with Gasteiger partial charge in [0.2, 0.25) is 0 Å². The molecule has 0 aliphatic carbocycles. The van der Waals surface area contributed by atoms with E-state index in [1.807, 2.05) is 46.8 Å². The van der Waals surface area contributed by atoms with E-state index in [4.69, 9.17) is 9.47 Å². The summed E-state index contributed by atoms with van der Waals surface area (Å²) in [5.41, 5.74) is 0. The minimum Gasteiger partial charge on any atom is -0.465 e. The Kier molecular flexibility index (Phi) is 9.76. The van der Waals surface area contributed by atoms with Gasteiger partial charge in [-0.15, -0.1) is 0 Å². The summed E-state index contributed by atoms with van der Waals surface area (Å²) < 4.78 is 10.5. The summed E-state index contributed by atoms with van der Waals surface area (Å²) in [6.07, 6.45) is 4.24. The van der Waals surface area contributed by atoms with E-state index in [-0.39, 0.29) is 23.8 Å². The molecule has 0 aromatic heterocycles. The maximum Gasteiger partial charge on any atom is 0.310 e. The van der Waals surface area contributed by atoms with Crippen LogP contribution in [0.3, 0.4) is 0 Å². The number of hydrogen-bond donors (Lipinski definition) is 0. The number of ether oxygens (including phenoxy) is 2. The third-order valence-corrected chi connectivity index (χ3v) is 3.02. The highest BCUT2D eigenvalue weighted by Gasteiger charge is 2.31. The van der Waals surface area contributed by atoms with Crippen molar-refractivity contribution in [3.8, 4) is 0 Å². The first-order valence-electron chi connectivity index (χ1n) is 7.73. The summed E-state index contributed by atoms with van der Waals surface area (Å²) in [6, 6.07) is 0. The Balaban J connectivity index is 4.70. The Hall–Kier alpha value is -1.32. The number of hydrogen-bond acceptors (Lipinski definition) is 4. The molecule has 0 aromatic rings. The smallest absolute Gasteiger partial charge is 0.310 e. The number of carbonyl (C=O) groups is 2. The molecule has 0 saturated heterocycles. The lowest BCUT2D eigenvalue weighted by Gasteiger charge is -2.21. The Bertz CT molecular complexity index is 345. The largest absolute Gasteiger partial charge is 0.465 e. The zero-order valence-electron chi connectivity index (χ0n) is 14.2. The van der Waals surface area contributed by atoms with Crippen molar-refractivity contribution in [2.45, 2.75) is 48.0 Å². The minimum absolute atomic E-state index is 0.277. The van der Waals surface area contributed by atoms with E-state index >= 15 is 0 Å². The van der Waals surface area contributed by atoms with Crippen LogP contribution in [0, 0.1) is 23.7 Å².